The van der Waals surface area contributed by atoms with E-state index in [4.69, 9.17) is 4.42 Å². The molecule has 1 atom stereocenters. The smallest absolute Gasteiger partial charge is 0.326 e. The summed E-state index contributed by atoms with van der Waals surface area (Å²) in [5.74, 6) is -0.662. The van der Waals surface area contributed by atoms with Crippen LogP contribution >= 0.6 is 0 Å². The van der Waals surface area contributed by atoms with Crippen molar-refractivity contribution in [1.29, 1.82) is 0 Å². The molecule has 26 heavy (non-hydrogen) atoms. The highest BCUT2D eigenvalue weighted by atomic mass is 16.4. The molecule has 0 aromatic carbocycles. The third-order valence-electron chi connectivity index (χ3n) is 6.17. The number of hydrogen-bond donors (Lipinski definition) is 1. The average Bonchev–Trinajstić information content (AvgIpc) is 3.28. The van der Waals surface area contributed by atoms with Gasteiger partial charge in [-0.1, -0.05) is 0 Å². The molecule has 1 aliphatic carbocycles. The van der Waals surface area contributed by atoms with Crippen molar-refractivity contribution in [2.24, 2.45) is 11.3 Å². The van der Waals surface area contributed by atoms with Gasteiger partial charge < -0.3 is 19.3 Å². The average molecular weight is 360 g/mol. The fourth-order valence-corrected chi connectivity index (χ4v) is 4.36. The van der Waals surface area contributed by atoms with E-state index in [0.717, 1.165) is 25.7 Å². The minimum atomic E-state index is -0.976. The third-order valence-corrected chi connectivity index (χ3v) is 6.17. The zero-order valence-corrected chi connectivity index (χ0v) is 14.9. The van der Waals surface area contributed by atoms with E-state index in [1.807, 2.05) is 4.90 Å². The van der Waals surface area contributed by atoms with Crippen molar-refractivity contribution in [2.45, 2.75) is 45.1 Å². The maximum Gasteiger partial charge on any atom is 0.326 e. The van der Waals surface area contributed by atoms with Crippen molar-refractivity contribution in [3.05, 3.63) is 23.7 Å². The third kappa shape index (κ3) is 2.89. The number of aliphatic carboxylic acids is 1. The highest BCUT2D eigenvalue weighted by molar-refractivity contribution is 5.96. The molecule has 1 aromatic heterocycles. The summed E-state index contributed by atoms with van der Waals surface area (Å²) >= 11 is 0. The van der Waals surface area contributed by atoms with Gasteiger partial charge in [0, 0.05) is 31.1 Å². The van der Waals surface area contributed by atoms with Crippen LogP contribution in [-0.2, 0) is 9.59 Å². The topological polar surface area (TPSA) is 91.1 Å². The molecule has 2 amide bonds. The Kier molecular flexibility index (Phi) is 4.04. The maximum atomic E-state index is 12.8. The highest BCUT2D eigenvalue weighted by Gasteiger charge is 2.51. The maximum absolute atomic E-state index is 12.8. The fraction of sp³-hybridized carbons (Fsp3) is 0.632. The Morgan fingerprint density at radius 3 is 2.46 bits per heavy atom. The number of rotatable bonds is 3. The van der Waals surface area contributed by atoms with Crippen LogP contribution in [0.5, 0.6) is 0 Å². The number of furan rings is 1. The molecule has 1 N–H and O–H groups in total. The van der Waals surface area contributed by atoms with Gasteiger partial charge in [-0.25, -0.2) is 4.79 Å². The van der Waals surface area contributed by atoms with Gasteiger partial charge in [-0.2, -0.15) is 0 Å². The van der Waals surface area contributed by atoms with Crippen molar-refractivity contribution in [1.82, 2.24) is 9.80 Å². The lowest BCUT2D eigenvalue weighted by atomic mass is 9.76. The number of carboxylic acid groups (broad SMARTS) is 1. The van der Waals surface area contributed by atoms with E-state index in [9.17, 15) is 19.5 Å². The molecular formula is C19H24N2O5. The second-order valence-corrected chi connectivity index (χ2v) is 8.02. The largest absolute Gasteiger partial charge is 0.480 e. The normalized spacial score (nSPS) is 24.9. The molecule has 2 aliphatic heterocycles. The van der Waals surface area contributed by atoms with E-state index in [2.05, 4.69) is 0 Å². The monoisotopic (exact) mass is 360 g/mol. The number of carbonyl (C=O) groups is 3. The number of hydrogen-bond acceptors (Lipinski definition) is 4. The summed E-state index contributed by atoms with van der Waals surface area (Å²) in [5, 5.41) is 9.65. The van der Waals surface area contributed by atoms with Crippen molar-refractivity contribution in [2.75, 3.05) is 19.6 Å². The molecule has 3 heterocycles. The summed E-state index contributed by atoms with van der Waals surface area (Å²) < 4.78 is 5.29. The molecule has 4 rings (SSSR count). The number of amides is 2. The van der Waals surface area contributed by atoms with Crippen molar-refractivity contribution in [3.63, 3.8) is 0 Å². The van der Waals surface area contributed by atoms with E-state index in [1.54, 1.807) is 13.0 Å². The molecule has 7 heteroatoms. The molecule has 1 saturated carbocycles. The SMILES string of the molecule is Cc1ccoc1C(=O)N1CC2(CCN(C(=O)C3CC3)CC2)CC1C(=O)O. The van der Waals surface area contributed by atoms with Gasteiger partial charge in [-0.15, -0.1) is 0 Å². The van der Waals surface area contributed by atoms with Gasteiger partial charge in [0.2, 0.25) is 5.91 Å². The zero-order valence-electron chi connectivity index (χ0n) is 14.9. The minimum absolute atomic E-state index is 0.208. The quantitative estimate of drug-likeness (QED) is 0.889. The molecule has 1 unspecified atom stereocenters. The summed E-state index contributed by atoms with van der Waals surface area (Å²) in [6, 6.07) is 0.870. The van der Waals surface area contributed by atoms with Crippen LogP contribution in [0.1, 0.15) is 48.2 Å². The molecule has 3 aliphatic rings. The Morgan fingerprint density at radius 2 is 1.92 bits per heavy atom. The first kappa shape index (κ1) is 17.1. The molecule has 0 bridgehead atoms. The van der Waals surface area contributed by atoms with Crippen LogP contribution in [-0.4, -0.2) is 58.4 Å². The Labute approximate surface area is 151 Å². The molecule has 0 radical (unpaired) electrons. The Morgan fingerprint density at radius 1 is 1.23 bits per heavy atom. The van der Waals surface area contributed by atoms with Crippen molar-refractivity contribution >= 4 is 17.8 Å². The first-order valence-corrected chi connectivity index (χ1v) is 9.27. The van der Waals surface area contributed by atoms with Gasteiger partial charge in [0.1, 0.15) is 6.04 Å². The summed E-state index contributed by atoms with van der Waals surface area (Å²) in [4.78, 5) is 40.2. The summed E-state index contributed by atoms with van der Waals surface area (Å²) in [7, 11) is 0. The summed E-state index contributed by atoms with van der Waals surface area (Å²) in [6.45, 7) is 3.50. The predicted octanol–water partition coefficient (Wildman–Crippen LogP) is 1.91. The van der Waals surface area contributed by atoms with Gasteiger partial charge in [-0.05, 0) is 50.5 Å². The van der Waals surface area contributed by atoms with E-state index >= 15 is 0 Å². The zero-order chi connectivity index (χ0) is 18.5. The van der Waals surface area contributed by atoms with Gasteiger partial charge in [-0.3, -0.25) is 9.59 Å². The molecule has 2 saturated heterocycles. The Bertz CT molecular complexity index is 743. The van der Waals surface area contributed by atoms with Gasteiger partial charge in [0.25, 0.3) is 5.91 Å². The van der Waals surface area contributed by atoms with Crippen LogP contribution in [0.3, 0.4) is 0 Å². The molecule has 3 fully saturated rings. The lowest BCUT2D eigenvalue weighted by Crippen LogP contribution is -2.45. The van der Waals surface area contributed by atoms with Crippen molar-refractivity contribution in [3.8, 4) is 0 Å². The lowest BCUT2D eigenvalue weighted by molar-refractivity contribution is -0.141. The molecular weight excluding hydrogens is 336 g/mol. The van der Waals surface area contributed by atoms with Gasteiger partial charge in [0.05, 0.1) is 6.26 Å². The second kappa shape index (κ2) is 6.14. The number of piperidine rings is 1. The van der Waals surface area contributed by atoms with E-state index in [0.29, 0.717) is 31.6 Å². The van der Waals surface area contributed by atoms with E-state index < -0.39 is 12.0 Å². The Hall–Kier alpha value is -2.31. The van der Waals surface area contributed by atoms with Crippen LogP contribution in [0.4, 0.5) is 0 Å². The second-order valence-electron chi connectivity index (χ2n) is 8.02. The number of carboxylic acids is 1. The Balaban J connectivity index is 1.49. The number of likely N-dealkylation sites (tertiary alicyclic amines) is 2. The molecule has 1 spiro atoms. The number of nitrogens with zero attached hydrogens (tertiary/aromatic N) is 2. The van der Waals surface area contributed by atoms with Crippen LogP contribution < -0.4 is 0 Å². The predicted molar refractivity (Wildman–Crippen MR) is 91.5 cm³/mol. The first-order valence-electron chi connectivity index (χ1n) is 9.27. The standard InChI is InChI=1S/C19H24N2O5/c1-12-4-9-26-15(12)17(23)21-11-19(10-14(21)18(24)25)5-7-20(8-6-19)16(22)13-2-3-13/h4,9,13-14H,2-3,5-8,10-11H2,1H3,(H,24,25). The van der Waals surface area contributed by atoms with E-state index in [-0.39, 0.29) is 28.9 Å². The van der Waals surface area contributed by atoms with Crippen molar-refractivity contribution < 1.29 is 23.9 Å². The number of carbonyl (C=O) groups excluding carboxylic acids is 2. The van der Waals surface area contributed by atoms with Crippen LogP contribution in [0, 0.1) is 18.3 Å². The first-order chi connectivity index (χ1) is 12.4. The molecule has 140 valence electrons. The van der Waals surface area contributed by atoms with Gasteiger partial charge >= 0.3 is 5.97 Å². The van der Waals surface area contributed by atoms with E-state index in [1.165, 1.54) is 11.2 Å². The number of aryl methyl sites for hydroxylation is 1. The fourth-order valence-electron chi connectivity index (χ4n) is 4.36. The minimum Gasteiger partial charge on any atom is -0.480 e. The van der Waals surface area contributed by atoms with Gasteiger partial charge in [0.15, 0.2) is 5.76 Å². The lowest BCUT2D eigenvalue weighted by Gasteiger charge is -2.39. The molecule has 1 aromatic rings. The summed E-state index contributed by atoms with van der Waals surface area (Å²) in [5.41, 5.74) is 0.490. The highest BCUT2D eigenvalue weighted by Crippen LogP contribution is 2.45. The molecule has 7 nitrogen and oxygen atoms in total. The van der Waals surface area contributed by atoms with Crippen LogP contribution in [0.2, 0.25) is 0 Å². The summed E-state index contributed by atoms with van der Waals surface area (Å²) in [6.07, 6.45) is 5.37. The van der Waals surface area contributed by atoms with Crippen LogP contribution in [0.15, 0.2) is 16.7 Å². The van der Waals surface area contributed by atoms with Crippen LogP contribution in [0.25, 0.3) is 0 Å².